The van der Waals surface area contributed by atoms with Gasteiger partial charge in [0.05, 0.1) is 5.41 Å². The van der Waals surface area contributed by atoms with Crippen LogP contribution in [0.3, 0.4) is 0 Å². The number of nitrogens with zero attached hydrogens (tertiary/aromatic N) is 6. The van der Waals surface area contributed by atoms with Crippen molar-refractivity contribution in [3.63, 3.8) is 0 Å². The third-order valence-electron chi connectivity index (χ3n) is 7.47. The zero-order chi connectivity index (χ0) is 27.2. The van der Waals surface area contributed by atoms with Gasteiger partial charge in [0.1, 0.15) is 5.82 Å². The molecular formula is C30H38N8O. The molecule has 0 amide bonds. The van der Waals surface area contributed by atoms with Crippen LogP contribution in [0, 0.1) is 0 Å². The number of benzene rings is 1. The zero-order valence-corrected chi connectivity index (χ0v) is 23.1. The van der Waals surface area contributed by atoms with E-state index in [0.717, 1.165) is 67.7 Å². The van der Waals surface area contributed by atoms with E-state index >= 15 is 0 Å². The molecule has 2 N–H and O–H groups in total. The van der Waals surface area contributed by atoms with E-state index in [1.807, 2.05) is 33.7 Å². The van der Waals surface area contributed by atoms with Crippen molar-refractivity contribution >= 4 is 0 Å². The molecule has 0 saturated heterocycles. The molecule has 0 bridgehead atoms. The maximum absolute atomic E-state index is 14.3. The number of allylic oxidation sites excluding steroid dienone is 2. The Kier molecular flexibility index (Phi) is 7.95. The molecule has 0 atom stereocenters. The molecule has 0 fully saturated rings. The number of hydrogen-bond acceptors (Lipinski definition) is 5. The topological polar surface area (TPSA) is 98.3 Å². The molecular weight excluding hydrogens is 488 g/mol. The molecule has 1 aromatic carbocycles. The highest BCUT2D eigenvalue weighted by atomic mass is 16.1. The highest BCUT2D eigenvalue weighted by Gasteiger charge is 2.32. The first-order valence-corrected chi connectivity index (χ1v) is 14.1. The van der Waals surface area contributed by atoms with E-state index < -0.39 is 5.41 Å². The molecule has 39 heavy (non-hydrogen) atoms. The SMILES string of the molecule is CCCCc1cn(-c2c(CCC)ccn2CCC)c(=O)n1CC1(c2cccc(-c3nnn[nH]3)c2)C=CNC=C1. The predicted octanol–water partition coefficient (Wildman–Crippen LogP) is 4.89. The number of rotatable bonds is 12. The Labute approximate surface area is 229 Å². The normalized spacial score (nSPS) is 14.1. The molecule has 5 rings (SSSR count). The van der Waals surface area contributed by atoms with Crippen molar-refractivity contribution < 1.29 is 0 Å². The second-order valence-electron chi connectivity index (χ2n) is 10.3. The molecule has 4 aromatic rings. The van der Waals surface area contributed by atoms with E-state index in [4.69, 9.17) is 0 Å². The number of unbranched alkanes of at least 4 members (excludes halogenated alkanes) is 1. The van der Waals surface area contributed by atoms with Crippen LogP contribution in [0.1, 0.15) is 63.3 Å². The van der Waals surface area contributed by atoms with Gasteiger partial charge in [0.15, 0.2) is 5.82 Å². The minimum Gasteiger partial charge on any atom is -0.368 e. The average Bonchev–Trinajstić information content (AvgIpc) is 3.70. The smallest absolute Gasteiger partial charge is 0.334 e. The number of aromatic nitrogens is 7. The fraction of sp³-hybridized carbons (Fsp3) is 0.400. The van der Waals surface area contributed by atoms with E-state index in [-0.39, 0.29) is 5.69 Å². The van der Waals surface area contributed by atoms with Gasteiger partial charge in [-0.1, -0.05) is 64.0 Å². The first-order chi connectivity index (χ1) is 19.1. The van der Waals surface area contributed by atoms with E-state index in [1.165, 1.54) is 5.56 Å². The third kappa shape index (κ3) is 5.26. The van der Waals surface area contributed by atoms with Gasteiger partial charge in [-0.2, -0.15) is 0 Å². The number of aryl methyl sites for hydroxylation is 3. The summed E-state index contributed by atoms with van der Waals surface area (Å²) in [6, 6.07) is 10.4. The van der Waals surface area contributed by atoms with Crippen molar-refractivity contribution in [3.8, 4) is 17.2 Å². The van der Waals surface area contributed by atoms with E-state index in [1.54, 1.807) is 0 Å². The number of aromatic amines is 1. The van der Waals surface area contributed by atoms with Gasteiger partial charge < -0.3 is 9.88 Å². The lowest BCUT2D eigenvalue weighted by Crippen LogP contribution is -2.36. The van der Waals surface area contributed by atoms with Crippen LogP contribution >= 0.6 is 0 Å². The standard InChI is InChI=1S/C30H38N8O/c1-4-7-12-26-21-37(28-23(9-5-2)13-19-36(28)18-6-3)29(39)38(26)22-30(14-16-31-17-15-30)25-11-8-10-24(20-25)27-32-34-35-33-27/h8,10-11,13-17,19-21,31H,4-7,9,12,18,22H2,1-3H3,(H,32,33,34,35). The summed E-state index contributed by atoms with van der Waals surface area (Å²) in [5.74, 6) is 1.62. The van der Waals surface area contributed by atoms with Crippen LogP contribution in [0.2, 0.25) is 0 Å². The summed E-state index contributed by atoms with van der Waals surface area (Å²) in [6.45, 7) is 7.92. The van der Waals surface area contributed by atoms with E-state index in [2.05, 4.69) is 94.0 Å². The molecule has 0 unspecified atom stereocenters. The lowest BCUT2D eigenvalue weighted by atomic mass is 9.78. The molecule has 9 heteroatoms. The molecule has 1 aliphatic rings. The van der Waals surface area contributed by atoms with E-state index in [9.17, 15) is 4.79 Å². The Hall–Kier alpha value is -4.14. The molecule has 9 nitrogen and oxygen atoms in total. The number of nitrogens with one attached hydrogen (secondary N) is 2. The minimum absolute atomic E-state index is 0.00445. The lowest BCUT2D eigenvalue weighted by Gasteiger charge is -2.31. The Morgan fingerprint density at radius 3 is 2.56 bits per heavy atom. The van der Waals surface area contributed by atoms with Gasteiger partial charge >= 0.3 is 5.69 Å². The fourth-order valence-electron chi connectivity index (χ4n) is 5.49. The number of hydrogen-bond donors (Lipinski definition) is 2. The Morgan fingerprint density at radius 1 is 1.00 bits per heavy atom. The van der Waals surface area contributed by atoms with Gasteiger partial charge in [-0.05, 0) is 71.8 Å². The van der Waals surface area contributed by atoms with E-state index in [0.29, 0.717) is 12.4 Å². The monoisotopic (exact) mass is 526 g/mol. The van der Waals surface area contributed by atoms with Gasteiger partial charge in [-0.15, -0.1) is 5.10 Å². The Balaban J connectivity index is 1.63. The highest BCUT2D eigenvalue weighted by Crippen LogP contribution is 2.34. The molecule has 3 aromatic heterocycles. The number of dihydropyridines is 1. The molecule has 0 spiro atoms. The van der Waals surface area contributed by atoms with Crippen molar-refractivity contribution in [2.45, 2.75) is 77.8 Å². The van der Waals surface area contributed by atoms with Gasteiger partial charge in [0, 0.05) is 36.7 Å². The Morgan fingerprint density at radius 2 is 1.85 bits per heavy atom. The Bertz CT molecular complexity index is 1470. The molecule has 4 heterocycles. The van der Waals surface area contributed by atoms with Crippen LogP contribution in [0.5, 0.6) is 0 Å². The molecule has 0 radical (unpaired) electrons. The number of tetrazole rings is 1. The summed E-state index contributed by atoms with van der Waals surface area (Å²) >= 11 is 0. The molecule has 0 saturated carbocycles. The highest BCUT2D eigenvalue weighted by molar-refractivity contribution is 5.57. The van der Waals surface area contributed by atoms with Crippen molar-refractivity contribution in [3.05, 3.63) is 94.6 Å². The van der Waals surface area contributed by atoms with Gasteiger partial charge in [-0.25, -0.2) is 9.89 Å². The number of H-pyrrole nitrogens is 1. The maximum atomic E-state index is 14.3. The second kappa shape index (κ2) is 11.7. The van der Waals surface area contributed by atoms with Gasteiger partial charge in [0.25, 0.3) is 0 Å². The quantitative estimate of drug-likeness (QED) is 0.274. The van der Waals surface area contributed by atoms with Crippen molar-refractivity contribution in [2.75, 3.05) is 0 Å². The van der Waals surface area contributed by atoms with Crippen LogP contribution in [0.25, 0.3) is 17.2 Å². The van der Waals surface area contributed by atoms with Crippen LogP contribution in [0.15, 0.2) is 72.1 Å². The maximum Gasteiger partial charge on any atom is 0.334 e. The summed E-state index contributed by atoms with van der Waals surface area (Å²) in [5.41, 5.74) is 3.72. The summed E-state index contributed by atoms with van der Waals surface area (Å²) in [5, 5.41) is 17.6. The lowest BCUT2D eigenvalue weighted by molar-refractivity contribution is 0.495. The van der Waals surface area contributed by atoms with Crippen LogP contribution in [0.4, 0.5) is 0 Å². The fourth-order valence-corrected chi connectivity index (χ4v) is 5.49. The minimum atomic E-state index is -0.524. The average molecular weight is 527 g/mol. The zero-order valence-electron chi connectivity index (χ0n) is 23.1. The van der Waals surface area contributed by atoms with Crippen LogP contribution in [-0.2, 0) is 31.3 Å². The second-order valence-corrected chi connectivity index (χ2v) is 10.3. The number of imidazole rings is 1. The van der Waals surface area contributed by atoms with Crippen molar-refractivity contribution in [2.24, 2.45) is 0 Å². The van der Waals surface area contributed by atoms with Crippen LogP contribution < -0.4 is 11.0 Å². The summed E-state index contributed by atoms with van der Waals surface area (Å²) in [6.07, 6.45) is 18.3. The third-order valence-corrected chi connectivity index (χ3v) is 7.47. The van der Waals surface area contributed by atoms with Crippen LogP contribution in [-0.4, -0.2) is 34.3 Å². The largest absolute Gasteiger partial charge is 0.368 e. The molecule has 204 valence electrons. The predicted molar refractivity (Wildman–Crippen MR) is 154 cm³/mol. The van der Waals surface area contributed by atoms with Crippen molar-refractivity contribution in [1.29, 1.82) is 0 Å². The van der Waals surface area contributed by atoms with Gasteiger partial charge in [0.2, 0.25) is 0 Å². The first-order valence-electron chi connectivity index (χ1n) is 14.1. The van der Waals surface area contributed by atoms with Crippen molar-refractivity contribution in [1.82, 2.24) is 39.6 Å². The first kappa shape index (κ1) is 26.5. The summed E-state index contributed by atoms with van der Waals surface area (Å²) in [7, 11) is 0. The summed E-state index contributed by atoms with van der Waals surface area (Å²) < 4.78 is 6.11. The molecule has 1 aliphatic heterocycles. The summed E-state index contributed by atoms with van der Waals surface area (Å²) in [4.78, 5) is 14.3. The molecule has 0 aliphatic carbocycles. The van der Waals surface area contributed by atoms with Gasteiger partial charge in [-0.3, -0.25) is 9.13 Å².